The summed E-state index contributed by atoms with van der Waals surface area (Å²) in [5.74, 6) is -4.34. The first-order valence-corrected chi connectivity index (χ1v) is 16.4. The van der Waals surface area contributed by atoms with Gasteiger partial charge in [-0.15, -0.1) is 0 Å². The van der Waals surface area contributed by atoms with Gasteiger partial charge in [0.2, 0.25) is 0 Å². The van der Waals surface area contributed by atoms with Crippen molar-refractivity contribution in [2.45, 2.75) is 86.2 Å². The van der Waals surface area contributed by atoms with E-state index in [9.17, 15) is 30.0 Å². The molecule has 1 aromatic rings. The molecule has 47 heavy (non-hydrogen) atoms. The number of carbonyl (C=O) groups is 2. The van der Waals surface area contributed by atoms with E-state index in [1.54, 1.807) is 37.4 Å². The quantitative estimate of drug-likeness (QED) is 0.256. The monoisotopic (exact) mass is 661 g/mol. The van der Waals surface area contributed by atoms with E-state index in [-0.39, 0.29) is 18.6 Å². The molecule has 1 heterocycles. The maximum Gasteiger partial charge on any atom is 0.338 e. The smallest absolute Gasteiger partial charge is 0.338 e. The Morgan fingerprint density at radius 3 is 2.26 bits per heavy atom. The molecule has 4 N–H and O–H groups in total. The summed E-state index contributed by atoms with van der Waals surface area (Å²) in [6.07, 6.45) is -7.38. The molecule has 13 heteroatoms. The van der Waals surface area contributed by atoms with Crippen molar-refractivity contribution in [3.05, 3.63) is 35.9 Å². The van der Waals surface area contributed by atoms with Crippen molar-refractivity contribution >= 4 is 11.9 Å². The highest BCUT2D eigenvalue weighted by Crippen LogP contribution is 2.81. The van der Waals surface area contributed by atoms with Crippen molar-refractivity contribution in [1.29, 1.82) is 0 Å². The van der Waals surface area contributed by atoms with Crippen molar-refractivity contribution in [2.75, 3.05) is 48.1 Å². The molecule has 6 fully saturated rings. The van der Waals surface area contributed by atoms with Gasteiger partial charge in [0.15, 0.2) is 5.60 Å². The van der Waals surface area contributed by atoms with Crippen LogP contribution in [-0.2, 0) is 33.2 Å². The zero-order valence-corrected chi connectivity index (χ0v) is 27.7. The van der Waals surface area contributed by atoms with E-state index in [4.69, 9.17) is 28.4 Å². The van der Waals surface area contributed by atoms with Gasteiger partial charge in [-0.1, -0.05) is 25.1 Å². The number of carbonyl (C=O) groups excluding carboxylic acids is 2. The number of nitrogens with zero attached hydrogens (tertiary/aromatic N) is 1. The third-order valence-corrected chi connectivity index (χ3v) is 13.2. The van der Waals surface area contributed by atoms with E-state index in [1.165, 1.54) is 28.3 Å². The van der Waals surface area contributed by atoms with Crippen LogP contribution in [0.5, 0.6) is 0 Å². The standard InChI is InChI=1S/C34H47NO12/c1-7-35-15-30(16-42-3)19(37)13-20(43-4)33-23(30)22(44-5)21(25(33)35)34(47-17(2)36)24-27(46-29(39)18-11-9-8-10-12-18)31(40,14-32(24,33)41)28(45-6)26(34)38/h8-12,19-28,37-38,40-41H,7,13-16H2,1-6H3/t19-,20?,21?,22+,23-,24+,25?,26+,27+,28+,30+,31+,32+,33?,34+/m1/s1. The fraction of sp³-hybridized carbons (Fsp3) is 0.765. The number of hydrogen-bond donors (Lipinski definition) is 4. The SMILES string of the molecule is CCN1C[C@]2(COC)[C@H](O)CC(OC)C34C1C([C@H](OC)[C@@H]32)[C@]1(OC(C)=O)[C@H]2[C@H](OC(=O)c3ccccc3)[C@@](O)(C[C@]24O)[C@@H](OC)[C@@H]1O. The summed E-state index contributed by atoms with van der Waals surface area (Å²) in [6, 6.07) is 7.64. The third-order valence-electron chi connectivity index (χ3n) is 13.2. The zero-order chi connectivity index (χ0) is 33.9. The molecule has 1 aromatic carbocycles. The van der Waals surface area contributed by atoms with E-state index in [2.05, 4.69) is 4.90 Å². The minimum absolute atomic E-state index is 0.119. The highest BCUT2D eigenvalue weighted by molar-refractivity contribution is 5.89. The van der Waals surface area contributed by atoms with Crippen molar-refractivity contribution in [2.24, 2.45) is 28.6 Å². The van der Waals surface area contributed by atoms with Crippen molar-refractivity contribution in [3.8, 4) is 0 Å². The van der Waals surface area contributed by atoms with Crippen LogP contribution in [0.25, 0.3) is 0 Å². The van der Waals surface area contributed by atoms with Crippen LogP contribution in [0.15, 0.2) is 30.3 Å². The average molecular weight is 662 g/mol. The lowest BCUT2D eigenvalue weighted by atomic mass is 9.40. The summed E-state index contributed by atoms with van der Waals surface area (Å²) in [7, 11) is 5.94. The Hall–Kier alpha value is -2.20. The Bertz CT molecular complexity index is 1410. The number of methoxy groups -OCH3 is 4. The summed E-state index contributed by atoms with van der Waals surface area (Å²) in [5.41, 5.74) is -8.15. The van der Waals surface area contributed by atoms with Gasteiger partial charge in [0.05, 0.1) is 42.0 Å². The summed E-state index contributed by atoms with van der Waals surface area (Å²) >= 11 is 0. The van der Waals surface area contributed by atoms with Crippen molar-refractivity contribution in [1.82, 2.24) is 4.90 Å². The second-order valence-electron chi connectivity index (χ2n) is 14.6. The zero-order valence-electron chi connectivity index (χ0n) is 27.7. The number of aliphatic hydroxyl groups excluding tert-OH is 2. The first-order valence-electron chi connectivity index (χ1n) is 16.4. The van der Waals surface area contributed by atoms with Crippen molar-refractivity contribution in [3.63, 3.8) is 0 Å². The summed E-state index contributed by atoms with van der Waals surface area (Å²) in [5, 5.41) is 51.1. The summed E-state index contributed by atoms with van der Waals surface area (Å²) in [4.78, 5) is 29.2. The lowest BCUT2D eigenvalue weighted by molar-refractivity contribution is -0.355. The summed E-state index contributed by atoms with van der Waals surface area (Å²) < 4.78 is 36.9. The third kappa shape index (κ3) is 3.65. The molecule has 1 spiro atoms. The van der Waals surface area contributed by atoms with E-state index >= 15 is 0 Å². The van der Waals surface area contributed by atoms with Crippen LogP contribution >= 0.6 is 0 Å². The van der Waals surface area contributed by atoms with Crippen LogP contribution in [0.4, 0.5) is 0 Å². The highest BCUT2D eigenvalue weighted by atomic mass is 16.6. The Morgan fingerprint density at radius 1 is 0.979 bits per heavy atom. The molecule has 0 radical (unpaired) electrons. The molecule has 0 aromatic heterocycles. The minimum Gasteiger partial charge on any atom is -0.455 e. The molecule has 6 aliphatic rings. The lowest BCUT2D eigenvalue weighted by Crippen LogP contribution is -2.85. The second-order valence-corrected chi connectivity index (χ2v) is 14.6. The van der Waals surface area contributed by atoms with Gasteiger partial charge >= 0.3 is 11.9 Å². The first kappa shape index (κ1) is 33.3. The maximum absolute atomic E-state index is 13.8. The van der Waals surface area contributed by atoms with Gasteiger partial charge in [-0.3, -0.25) is 9.69 Å². The topological polar surface area (TPSA) is 174 Å². The molecule has 7 bridgehead atoms. The number of fused-ring (bicyclic) bond motifs is 2. The summed E-state index contributed by atoms with van der Waals surface area (Å²) in [6.45, 7) is 4.15. The fourth-order valence-corrected chi connectivity index (χ4v) is 12.3. The fourth-order valence-electron chi connectivity index (χ4n) is 12.3. The van der Waals surface area contributed by atoms with Gasteiger partial charge in [-0.05, 0) is 18.7 Å². The van der Waals surface area contributed by atoms with Gasteiger partial charge in [-0.2, -0.15) is 0 Å². The molecule has 1 aliphatic heterocycles. The van der Waals surface area contributed by atoms with Gasteiger partial charge in [0.1, 0.15) is 23.9 Å². The molecule has 5 aliphatic carbocycles. The Balaban J connectivity index is 1.57. The van der Waals surface area contributed by atoms with Crippen LogP contribution in [0.1, 0.15) is 37.0 Å². The minimum atomic E-state index is -2.12. The molecule has 7 rings (SSSR count). The van der Waals surface area contributed by atoms with E-state index in [1.807, 2.05) is 6.92 Å². The number of likely N-dealkylation sites (tertiary alicyclic amines) is 1. The number of benzene rings is 1. The molecule has 5 saturated carbocycles. The molecule has 0 amide bonds. The molecular weight excluding hydrogens is 614 g/mol. The number of ether oxygens (including phenoxy) is 6. The van der Waals surface area contributed by atoms with Gasteiger partial charge in [0.25, 0.3) is 0 Å². The Morgan fingerprint density at radius 2 is 1.68 bits per heavy atom. The molecule has 4 unspecified atom stereocenters. The highest BCUT2D eigenvalue weighted by Gasteiger charge is 2.96. The van der Waals surface area contributed by atoms with Crippen molar-refractivity contribution < 1.29 is 58.4 Å². The molecule has 15 atom stereocenters. The number of rotatable bonds is 9. The number of aliphatic hydroxyl groups is 4. The van der Waals surface area contributed by atoms with Gasteiger partial charge < -0.3 is 48.8 Å². The van der Waals surface area contributed by atoms with Crippen LogP contribution in [0.2, 0.25) is 0 Å². The number of hydrogen-bond acceptors (Lipinski definition) is 13. The number of esters is 2. The van der Waals surface area contributed by atoms with Crippen LogP contribution in [-0.4, -0.2) is 145 Å². The largest absolute Gasteiger partial charge is 0.455 e. The molecule has 1 saturated heterocycles. The predicted octanol–water partition coefficient (Wildman–Crippen LogP) is -0.237. The average Bonchev–Trinajstić information content (AvgIpc) is 3.39. The molecule has 260 valence electrons. The number of piperidine rings is 1. The predicted molar refractivity (Wildman–Crippen MR) is 162 cm³/mol. The van der Waals surface area contributed by atoms with E-state index in [0.717, 1.165) is 0 Å². The van der Waals surface area contributed by atoms with Gasteiger partial charge in [-0.25, -0.2) is 4.79 Å². The van der Waals surface area contributed by atoms with E-state index in [0.29, 0.717) is 13.1 Å². The Kier molecular flexibility index (Phi) is 7.72. The van der Waals surface area contributed by atoms with Gasteiger partial charge in [0, 0.05) is 83.5 Å². The van der Waals surface area contributed by atoms with E-state index < -0.39 is 106 Å². The van der Waals surface area contributed by atoms with Crippen LogP contribution in [0.3, 0.4) is 0 Å². The first-order chi connectivity index (χ1) is 22.3. The lowest BCUT2D eigenvalue weighted by Gasteiger charge is -2.72. The van der Waals surface area contributed by atoms with Crippen LogP contribution in [0, 0.1) is 28.6 Å². The second kappa shape index (κ2) is 10.9. The molecular formula is C34H47NO12. The normalized spacial score (nSPS) is 50.7. The van der Waals surface area contributed by atoms with Crippen LogP contribution < -0.4 is 0 Å². The molecule has 13 nitrogen and oxygen atoms in total. The maximum atomic E-state index is 13.8. The Labute approximate surface area is 274 Å².